The third kappa shape index (κ3) is 1.47. The number of benzene rings is 1. The van der Waals surface area contributed by atoms with Crippen LogP contribution in [0.4, 0.5) is 17.6 Å². The monoisotopic (exact) mass is 271 g/mol. The number of carbonyl (C=O) groups is 1. The molecule has 0 radical (unpaired) electrons. The van der Waals surface area contributed by atoms with Gasteiger partial charge in [0.2, 0.25) is 0 Å². The Hall–Kier alpha value is -1.11. The largest absolute Gasteiger partial charge is 0.545 e. The number of hydrogen-bond donors (Lipinski definition) is 0. The van der Waals surface area contributed by atoms with Crippen LogP contribution < -0.4 is 5.11 Å². The van der Waals surface area contributed by atoms with Crippen molar-refractivity contribution in [2.24, 2.45) is 0 Å². The summed E-state index contributed by atoms with van der Waals surface area (Å²) in [7, 11) is 0. The standard InChI is InChI=1S/C7HBrF4O2/c8-2-5(11)3(9)1(7(13)14)4(10)6(2)12/h(H,13,14)/p-1. The van der Waals surface area contributed by atoms with Crippen LogP contribution in [0.3, 0.4) is 0 Å². The highest BCUT2D eigenvalue weighted by molar-refractivity contribution is 9.10. The Morgan fingerprint density at radius 2 is 1.36 bits per heavy atom. The predicted molar refractivity (Wildman–Crippen MR) is 38.3 cm³/mol. The highest BCUT2D eigenvalue weighted by atomic mass is 79.9. The van der Waals surface area contributed by atoms with Crippen molar-refractivity contribution in [3.63, 3.8) is 0 Å². The third-order valence-electron chi connectivity index (χ3n) is 1.41. The highest BCUT2D eigenvalue weighted by Crippen LogP contribution is 2.27. The fraction of sp³-hybridized carbons (Fsp3) is 0. The first-order chi connectivity index (χ1) is 6.37. The summed E-state index contributed by atoms with van der Waals surface area (Å²) in [6, 6.07) is 0. The van der Waals surface area contributed by atoms with E-state index in [1.807, 2.05) is 0 Å². The average molecular weight is 272 g/mol. The molecule has 1 aromatic rings. The van der Waals surface area contributed by atoms with Crippen LogP contribution in [-0.2, 0) is 0 Å². The maximum Gasteiger partial charge on any atom is 0.176 e. The van der Waals surface area contributed by atoms with E-state index in [2.05, 4.69) is 15.9 Å². The molecule has 1 aromatic carbocycles. The van der Waals surface area contributed by atoms with Gasteiger partial charge in [-0.2, -0.15) is 0 Å². The van der Waals surface area contributed by atoms with Crippen LogP contribution in [0.5, 0.6) is 0 Å². The van der Waals surface area contributed by atoms with Crippen molar-refractivity contribution in [1.29, 1.82) is 0 Å². The molecule has 0 bridgehead atoms. The quantitative estimate of drug-likeness (QED) is 0.440. The van der Waals surface area contributed by atoms with Gasteiger partial charge in [-0.05, 0) is 15.9 Å². The molecule has 0 unspecified atom stereocenters. The summed E-state index contributed by atoms with van der Waals surface area (Å²) < 4.78 is 49.7. The van der Waals surface area contributed by atoms with Gasteiger partial charge in [0.25, 0.3) is 0 Å². The molecule has 0 N–H and O–H groups in total. The molecule has 0 aliphatic rings. The molecule has 0 heterocycles. The zero-order valence-corrected chi connectivity index (χ0v) is 7.79. The van der Waals surface area contributed by atoms with Gasteiger partial charge in [0, 0.05) is 0 Å². The lowest BCUT2D eigenvalue weighted by molar-refractivity contribution is -0.255. The second-order valence-corrected chi connectivity index (χ2v) is 3.03. The summed E-state index contributed by atoms with van der Waals surface area (Å²) in [5.41, 5.74) is -1.76. The number of rotatable bonds is 1. The molecule has 0 aliphatic carbocycles. The normalized spacial score (nSPS) is 10.4. The lowest BCUT2D eigenvalue weighted by Gasteiger charge is -2.08. The van der Waals surface area contributed by atoms with Gasteiger partial charge >= 0.3 is 0 Å². The van der Waals surface area contributed by atoms with Gasteiger partial charge in [-0.3, -0.25) is 0 Å². The average Bonchev–Trinajstić information content (AvgIpc) is 2.11. The summed E-state index contributed by atoms with van der Waals surface area (Å²) in [5, 5.41) is 10.1. The third-order valence-corrected chi connectivity index (χ3v) is 2.11. The maximum absolute atomic E-state index is 12.7. The van der Waals surface area contributed by atoms with Gasteiger partial charge in [0.15, 0.2) is 23.3 Å². The zero-order valence-electron chi connectivity index (χ0n) is 6.21. The number of halogens is 5. The van der Waals surface area contributed by atoms with E-state index in [4.69, 9.17) is 0 Å². The van der Waals surface area contributed by atoms with Gasteiger partial charge in [0.05, 0.1) is 16.0 Å². The molecule has 2 nitrogen and oxygen atoms in total. The molecule has 76 valence electrons. The molecule has 1 rings (SSSR count). The van der Waals surface area contributed by atoms with Crippen molar-refractivity contribution in [1.82, 2.24) is 0 Å². The lowest BCUT2D eigenvalue weighted by atomic mass is 10.2. The molecule has 7 heteroatoms. The van der Waals surface area contributed by atoms with E-state index in [0.29, 0.717) is 0 Å². The highest BCUT2D eigenvalue weighted by Gasteiger charge is 2.24. The van der Waals surface area contributed by atoms with Crippen molar-refractivity contribution in [2.75, 3.05) is 0 Å². The van der Waals surface area contributed by atoms with Crippen LogP contribution in [0.25, 0.3) is 0 Å². The fourth-order valence-electron chi connectivity index (χ4n) is 0.784. The second kappa shape index (κ2) is 3.56. The van der Waals surface area contributed by atoms with E-state index in [1.165, 1.54) is 0 Å². The SMILES string of the molecule is O=C([O-])c1c(F)c(F)c(Br)c(F)c1F. The molecular formula is C7BrF4O2-. The van der Waals surface area contributed by atoms with Crippen molar-refractivity contribution < 1.29 is 27.5 Å². The van der Waals surface area contributed by atoms with Crippen LogP contribution >= 0.6 is 15.9 Å². The first-order valence-electron chi connectivity index (χ1n) is 3.10. The Bertz CT molecular complexity index is 390. The smallest absolute Gasteiger partial charge is 0.176 e. The Labute approximate surface area is 83.3 Å². The van der Waals surface area contributed by atoms with E-state index >= 15 is 0 Å². The molecular weight excluding hydrogens is 272 g/mol. The number of carboxylic acids is 1. The molecule has 14 heavy (non-hydrogen) atoms. The molecule has 0 saturated carbocycles. The van der Waals surface area contributed by atoms with Crippen LogP contribution in [0, 0.1) is 23.3 Å². The molecule has 0 aliphatic heterocycles. The van der Waals surface area contributed by atoms with Crippen molar-refractivity contribution >= 4 is 21.9 Å². The van der Waals surface area contributed by atoms with Crippen molar-refractivity contribution in [2.45, 2.75) is 0 Å². The van der Waals surface area contributed by atoms with Crippen LogP contribution in [-0.4, -0.2) is 5.97 Å². The lowest BCUT2D eigenvalue weighted by Crippen LogP contribution is -2.26. The summed E-state index contributed by atoms with van der Waals surface area (Å²) >= 11 is 2.22. The molecule has 0 saturated heterocycles. The maximum atomic E-state index is 12.7. The Kier molecular flexibility index (Phi) is 2.79. The Morgan fingerprint density at radius 1 is 1.00 bits per heavy atom. The van der Waals surface area contributed by atoms with E-state index in [-0.39, 0.29) is 0 Å². The van der Waals surface area contributed by atoms with Gasteiger partial charge < -0.3 is 9.90 Å². The van der Waals surface area contributed by atoms with E-state index < -0.39 is 39.3 Å². The van der Waals surface area contributed by atoms with Crippen LogP contribution in [0.1, 0.15) is 10.4 Å². The second-order valence-electron chi connectivity index (χ2n) is 2.23. The minimum Gasteiger partial charge on any atom is -0.545 e. The first-order valence-corrected chi connectivity index (χ1v) is 3.90. The van der Waals surface area contributed by atoms with Gasteiger partial charge in [0.1, 0.15) is 0 Å². The van der Waals surface area contributed by atoms with Crippen molar-refractivity contribution in [3.8, 4) is 0 Å². The minimum absolute atomic E-state index is 1.10. The number of carbonyl (C=O) groups excluding carboxylic acids is 1. The summed E-state index contributed by atoms with van der Waals surface area (Å²) in [6.07, 6.45) is 0. The van der Waals surface area contributed by atoms with Crippen molar-refractivity contribution in [3.05, 3.63) is 33.3 Å². The zero-order chi connectivity index (χ0) is 11.0. The summed E-state index contributed by atoms with van der Waals surface area (Å²) in [6.45, 7) is 0. The molecule has 0 aromatic heterocycles. The number of hydrogen-bond acceptors (Lipinski definition) is 2. The summed E-state index contributed by atoms with van der Waals surface area (Å²) in [5.74, 6) is -9.97. The molecule has 0 amide bonds. The first kappa shape index (κ1) is 11.0. The predicted octanol–water partition coefficient (Wildman–Crippen LogP) is 1.37. The topological polar surface area (TPSA) is 40.1 Å². The Balaban J connectivity index is 3.68. The number of carboxylic acid groups (broad SMARTS) is 1. The minimum atomic E-state index is -2.33. The molecule has 0 fully saturated rings. The van der Waals surface area contributed by atoms with Gasteiger partial charge in [-0.25, -0.2) is 17.6 Å². The van der Waals surface area contributed by atoms with E-state index in [1.54, 1.807) is 0 Å². The Morgan fingerprint density at radius 3 is 1.64 bits per heavy atom. The molecule has 0 atom stereocenters. The molecule has 0 spiro atoms. The van der Waals surface area contributed by atoms with Gasteiger partial charge in [-0.1, -0.05) is 0 Å². The van der Waals surface area contributed by atoms with Gasteiger partial charge in [-0.15, -0.1) is 0 Å². The fourth-order valence-corrected chi connectivity index (χ4v) is 1.13. The number of aromatic carboxylic acids is 1. The van der Waals surface area contributed by atoms with Crippen LogP contribution in [0.15, 0.2) is 4.47 Å². The summed E-state index contributed by atoms with van der Waals surface area (Å²) in [4.78, 5) is 10.1. The van der Waals surface area contributed by atoms with E-state index in [0.717, 1.165) is 0 Å². The van der Waals surface area contributed by atoms with Crippen LogP contribution in [0.2, 0.25) is 0 Å². The van der Waals surface area contributed by atoms with E-state index in [9.17, 15) is 27.5 Å².